The van der Waals surface area contributed by atoms with Gasteiger partial charge in [0.1, 0.15) is 0 Å². The van der Waals surface area contributed by atoms with E-state index in [0.717, 1.165) is 0 Å². The molecule has 0 unspecified atom stereocenters. The Morgan fingerprint density at radius 1 is 1.00 bits per heavy atom. The monoisotopic (exact) mass is 177 g/mol. The third-order valence-electron chi connectivity index (χ3n) is 2.33. The number of nitrogens with zero attached hydrogens (tertiary/aromatic N) is 1. The number of hydrogen-bond donors (Lipinski definition) is 0. The maximum absolute atomic E-state index is 2.28. The minimum Gasteiger partial charge on any atom is -0.302 e. The summed E-state index contributed by atoms with van der Waals surface area (Å²) in [5, 5.41) is 0. The van der Waals surface area contributed by atoms with Gasteiger partial charge >= 0.3 is 0 Å². The zero-order chi connectivity index (χ0) is 9.84. The van der Waals surface area contributed by atoms with Gasteiger partial charge in [-0.3, -0.25) is 0 Å². The van der Waals surface area contributed by atoms with Crippen LogP contribution in [0.15, 0.2) is 30.3 Å². The smallest absolute Gasteiger partial charge is 0.0364 e. The van der Waals surface area contributed by atoms with E-state index in [4.69, 9.17) is 0 Å². The van der Waals surface area contributed by atoms with Crippen molar-refractivity contribution in [1.29, 1.82) is 0 Å². The average molecular weight is 177 g/mol. The maximum Gasteiger partial charge on any atom is 0.0364 e. The van der Waals surface area contributed by atoms with Crippen molar-refractivity contribution in [1.82, 2.24) is 4.90 Å². The molecule has 0 saturated heterocycles. The van der Waals surface area contributed by atoms with Gasteiger partial charge in [0, 0.05) is 6.04 Å². The standard InChI is InChI=1S/C12H19N/c1-10(2)12(13(3)4)11-8-6-5-7-9-11/h5-10,12H,1-4H3/t12-/m1/s1. The molecule has 13 heavy (non-hydrogen) atoms. The van der Waals surface area contributed by atoms with Crippen molar-refractivity contribution in [3.05, 3.63) is 35.9 Å². The van der Waals surface area contributed by atoms with Gasteiger partial charge in [0.2, 0.25) is 0 Å². The zero-order valence-electron chi connectivity index (χ0n) is 8.99. The third kappa shape index (κ3) is 2.56. The highest BCUT2D eigenvalue weighted by Crippen LogP contribution is 2.25. The lowest BCUT2D eigenvalue weighted by Gasteiger charge is -2.28. The van der Waals surface area contributed by atoms with Crippen molar-refractivity contribution >= 4 is 0 Å². The fourth-order valence-electron chi connectivity index (χ4n) is 1.93. The quantitative estimate of drug-likeness (QED) is 0.686. The van der Waals surface area contributed by atoms with Crippen LogP contribution in [0.3, 0.4) is 0 Å². The van der Waals surface area contributed by atoms with Gasteiger partial charge in [-0.15, -0.1) is 0 Å². The number of rotatable bonds is 3. The van der Waals surface area contributed by atoms with Gasteiger partial charge in [-0.1, -0.05) is 44.2 Å². The fraction of sp³-hybridized carbons (Fsp3) is 0.500. The molecule has 0 aliphatic carbocycles. The number of benzene rings is 1. The molecule has 0 aromatic heterocycles. The highest BCUT2D eigenvalue weighted by atomic mass is 15.1. The molecule has 1 nitrogen and oxygen atoms in total. The average Bonchev–Trinajstić information content (AvgIpc) is 2.04. The van der Waals surface area contributed by atoms with E-state index in [1.807, 2.05) is 0 Å². The predicted octanol–water partition coefficient (Wildman–Crippen LogP) is 2.95. The second-order valence-electron chi connectivity index (χ2n) is 4.06. The van der Waals surface area contributed by atoms with Crippen LogP contribution in [0.5, 0.6) is 0 Å². The maximum atomic E-state index is 2.28. The van der Waals surface area contributed by atoms with Crippen molar-refractivity contribution in [3.63, 3.8) is 0 Å². The molecule has 1 aromatic rings. The Kier molecular flexibility index (Phi) is 3.49. The molecule has 0 spiro atoms. The molecule has 1 aromatic carbocycles. The summed E-state index contributed by atoms with van der Waals surface area (Å²) in [6, 6.07) is 11.2. The summed E-state index contributed by atoms with van der Waals surface area (Å²) < 4.78 is 0. The van der Waals surface area contributed by atoms with Crippen molar-refractivity contribution < 1.29 is 0 Å². The zero-order valence-corrected chi connectivity index (χ0v) is 8.99. The summed E-state index contributed by atoms with van der Waals surface area (Å²) in [5.74, 6) is 0.650. The lowest BCUT2D eigenvalue weighted by molar-refractivity contribution is 0.235. The summed E-state index contributed by atoms with van der Waals surface area (Å²) in [5.41, 5.74) is 1.41. The predicted molar refractivity (Wildman–Crippen MR) is 57.7 cm³/mol. The van der Waals surface area contributed by atoms with Crippen LogP contribution in [0.2, 0.25) is 0 Å². The lowest BCUT2D eigenvalue weighted by Crippen LogP contribution is -2.24. The Morgan fingerprint density at radius 2 is 1.54 bits per heavy atom. The molecule has 1 heteroatoms. The van der Waals surface area contributed by atoms with E-state index in [1.165, 1.54) is 5.56 Å². The van der Waals surface area contributed by atoms with Crippen molar-refractivity contribution in [2.24, 2.45) is 5.92 Å². The Morgan fingerprint density at radius 3 is 1.92 bits per heavy atom. The first-order valence-electron chi connectivity index (χ1n) is 4.84. The van der Waals surface area contributed by atoms with E-state index < -0.39 is 0 Å². The van der Waals surface area contributed by atoms with Gasteiger partial charge in [-0.2, -0.15) is 0 Å². The van der Waals surface area contributed by atoms with Gasteiger partial charge in [0.05, 0.1) is 0 Å². The first-order valence-corrected chi connectivity index (χ1v) is 4.84. The van der Waals surface area contributed by atoms with Crippen LogP contribution < -0.4 is 0 Å². The highest BCUT2D eigenvalue weighted by molar-refractivity contribution is 5.19. The Hall–Kier alpha value is -0.820. The van der Waals surface area contributed by atoms with Gasteiger partial charge in [0.25, 0.3) is 0 Å². The molecular weight excluding hydrogens is 158 g/mol. The van der Waals surface area contributed by atoms with E-state index in [-0.39, 0.29) is 0 Å². The minimum atomic E-state index is 0.529. The molecule has 1 rings (SSSR count). The molecule has 0 N–H and O–H groups in total. The van der Waals surface area contributed by atoms with Crippen LogP contribution in [0, 0.1) is 5.92 Å². The van der Waals surface area contributed by atoms with Gasteiger partial charge in [0.15, 0.2) is 0 Å². The van der Waals surface area contributed by atoms with E-state index in [2.05, 4.69) is 63.2 Å². The Bertz CT molecular complexity index is 231. The molecule has 0 heterocycles. The first-order chi connectivity index (χ1) is 6.13. The largest absolute Gasteiger partial charge is 0.302 e. The first kappa shape index (κ1) is 10.3. The Balaban J connectivity index is 2.89. The summed E-state index contributed by atoms with van der Waals surface area (Å²) in [4.78, 5) is 2.28. The van der Waals surface area contributed by atoms with Gasteiger partial charge in [-0.25, -0.2) is 0 Å². The van der Waals surface area contributed by atoms with Gasteiger partial charge in [-0.05, 0) is 25.6 Å². The van der Waals surface area contributed by atoms with Crippen LogP contribution in [0.4, 0.5) is 0 Å². The second-order valence-corrected chi connectivity index (χ2v) is 4.06. The molecule has 0 aliphatic rings. The van der Waals surface area contributed by atoms with Crippen LogP contribution in [-0.2, 0) is 0 Å². The van der Waals surface area contributed by atoms with Gasteiger partial charge < -0.3 is 4.90 Å². The molecule has 0 fully saturated rings. The van der Waals surface area contributed by atoms with Crippen LogP contribution in [0.25, 0.3) is 0 Å². The molecule has 0 radical (unpaired) electrons. The summed E-state index contributed by atoms with van der Waals surface area (Å²) in [6.45, 7) is 4.52. The molecule has 0 bridgehead atoms. The van der Waals surface area contributed by atoms with Crippen molar-refractivity contribution in [2.45, 2.75) is 19.9 Å². The van der Waals surface area contributed by atoms with Crippen molar-refractivity contribution in [2.75, 3.05) is 14.1 Å². The van der Waals surface area contributed by atoms with Crippen molar-refractivity contribution in [3.8, 4) is 0 Å². The molecule has 0 saturated carbocycles. The molecule has 1 atom stereocenters. The Labute approximate surface area is 81.4 Å². The SMILES string of the molecule is CC(C)[C@H](c1ccccc1)N(C)C. The highest BCUT2D eigenvalue weighted by Gasteiger charge is 2.16. The van der Waals surface area contributed by atoms with Crippen LogP contribution in [0.1, 0.15) is 25.5 Å². The minimum absolute atomic E-state index is 0.529. The summed E-state index contributed by atoms with van der Waals surface area (Å²) >= 11 is 0. The fourth-order valence-corrected chi connectivity index (χ4v) is 1.93. The molecule has 72 valence electrons. The molecule has 0 amide bonds. The van der Waals surface area contributed by atoms with E-state index >= 15 is 0 Å². The van der Waals surface area contributed by atoms with E-state index in [1.54, 1.807) is 0 Å². The summed E-state index contributed by atoms with van der Waals surface area (Å²) in [7, 11) is 4.27. The normalized spacial score (nSPS) is 13.7. The lowest BCUT2D eigenvalue weighted by atomic mass is 9.95. The van der Waals surface area contributed by atoms with Crippen LogP contribution >= 0.6 is 0 Å². The second kappa shape index (κ2) is 4.43. The third-order valence-corrected chi connectivity index (χ3v) is 2.33. The van der Waals surface area contributed by atoms with E-state index in [0.29, 0.717) is 12.0 Å². The van der Waals surface area contributed by atoms with E-state index in [9.17, 15) is 0 Å². The van der Waals surface area contributed by atoms with Crippen LogP contribution in [-0.4, -0.2) is 19.0 Å². The topological polar surface area (TPSA) is 3.24 Å². The number of hydrogen-bond acceptors (Lipinski definition) is 1. The molecule has 0 aliphatic heterocycles. The molecular formula is C12H19N. The summed E-state index contributed by atoms with van der Waals surface area (Å²) in [6.07, 6.45) is 0.